The Morgan fingerprint density at radius 2 is 1.97 bits per heavy atom. The van der Waals surface area contributed by atoms with Crippen LogP contribution in [-0.2, 0) is 16.9 Å². The molecule has 0 saturated heterocycles. The number of fused-ring (bicyclic) bond motifs is 5. The highest BCUT2D eigenvalue weighted by Gasteiger charge is 2.74. The van der Waals surface area contributed by atoms with Crippen molar-refractivity contribution in [1.29, 1.82) is 0 Å². The number of hydrogen-bond donors (Lipinski definition) is 3. The van der Waals surface area contributed by atoms with Gasteiger partial charge in [0.2, 0.25) is 0 Å². The second-order valence-corrected chi connectivity index (χ2v) is 12.9. The molecule has 0 spiro atoms. The number of aliphatic hydroxyl groups excluding tert-OH is 1. The lowest BCUT2D eigenvalue weighted by Crippen LogP contribution is -2.68. The van der Waals surface area contributed by atoms with Gasteiger partial charge in [-0.05, 0) is 62.2 Å². The van der Waals surface area contributed by atoms with Gasteiger partial charge in [0.25, 0.3) is 0 Å². The van der Waals surface area contributed by atoms with Gasteiger partial charge in [0.1, 0.15) is 5.60 Å². The summed E-state index contributed by atoms with van der Waals surface area (Å²) in [4.78, 5) is 16.9. The molecule has 1 aromatic heterocycles. The van der Waals surface area contributed by atoms with Crippen LogP contribution in [0, 0.1) is 28.6 Å². The number of benzene rings is 1. The van der Waals surface area contributed by atoms with E-state index in [2.05, 4.69) is 17.4 Å². The summed E-state index contributed by atoms with van der Waals surface area (Å²) < 4.78 is 17.4. The first-order chi connectivity index (χ1) is 17.5. The zero-order valence-corrected chi connectivity index (χ0v) is 22.4. The van der Waals surface area contributed by atoms with E-state index in [4.69, 9.17) is 4.98 Å². The van der Waals surface area contributed by atoms with Crippen LogP contribution in [0.4, 0.5) is 9.52 Å². The fourth-order valence-electron chi connectivity index (χ4n) is 8.40. The quantitative estimate of drug-likeness (QED) is 0.490. The number of allylic oxidation sites excluding steroid dienone is 4. The van der Waals surface area contributed by atoms with Gasteiger partial charge in [-0.3, -0.25) is 4.79 Å². The summed E-state index contributed by atoms with van der Waals surface area (Å²) in [6.07, 6.45) is 5.40. The molecule has 1 aromatic carbocycles. The third-order valence-corrected chi connectivity index (χ3v) is 11.2. The highest BCUT2D eigenvalue weighted by molar-refractivity contribution is 7.13. The van der Waals surface area contributed by atoms with E-state index in [1.807, 2.05) is 44.4 Å². The Morgan fingerprint density at radius 3 is 2.73 bits per heavy atom. The predicted octanol–water partition coefficient (Wildman–Crippen LogP) is 5.56. The summed E-state index contributed by atoms with van der Waals surface area (Å²) in [6.45, 7) is 6.52. The molecule has 0 aliphatic heterocycles. The molecule has 0 radical (unpaired) electrons. The molecule has 5 nitrogen and oxygen atoms in total. The molecule has 3 saturated carbocycles. The largest absolute Gasteiger partial charge is 0.390 e. The van der Waals surface area contributed by atoms with E-state index in [1.165, 1.54) is 17.4 Å². The number of nitrogens with one attached hydrogen (secondary N) is 1. The summed E-state index contributed by atoms with van der Waals surface area (Å²) in [5.74, 6) is -0.803. The molecule has 1 heterocycles. The van der Waals surface area contributed by atoms with Gasteiger partial charge < -0.3 is 15.5 Å². The molecule has 4 aliphatic rings. The number of ketones is 1. The Hall–Kier alpha value is -2.35. The molecular weight excluding hydrogens is 487 g/mol. The number of thiazole rings is 1. The number of aliphatic hydroxyl groups is 2. The lowest BCUT2D eigenvalue weighted by atomic mass is 9.44. The molecule has 7 heteroatoms. The number of anilines is 1. The van der Waals surface area contributed by atoms with E-state index >= 15 is 4.39 Å². The Balaban J connectivity index is 1.33. The molecule has 0 unspecified atom stereocenters. The highest BCUT2D eigenvalue weighted by Crippen LogP contribution is 2.72. The van der Waals surface area contributed by atoms with Crippen LogP contribution in [0.2, 0.25) is 0 Å². The average molecular weight is 523 g/mol. The minimum atomic E-state index is -1.89. The summed E-state index contributed by atoms with van der Waals surface area (Å²) >= 11 is 1.46. The van der Waals surface area contributed by atoms with Crippen LogP contribution in [0.25, 0.3) is 0 Å². The standard InChI is InChI=1S/C30H35FN2O3S/c1-18-13-23-22-10-9-20-14-21(34)11-12-27(20,2)29(22,31)25(35)15-28(23,3)30(18,36)24-17-37-26(33-24)32-16-19-7-5-4-6-8-19/h4-8,11-12,14,17-18,22-23,25,35-36H,9-10,13,15-16H2,1-3H3,(H,32,33)/t18-,22+,23+,25+,27+,28+,29+,30+/m1/s1. The third kappa shape index (κ3) is 3.26. The van der Waals surface area contributed by atoms with Crippen LogP contribution in [0.15, 0.2) is 59.5 Å². The van der Waals surface area contributed by atoms with E-state index in [9.17, 15) is 15.0 Å². The molecule has 0 amide bonds. The van der Waals surface area contributed by atoms with Crippen LogP contribution in [-0.4, -0.2) is 32.8 Å². The monoisotopic (exact) mass is 522 g/mol. The van der Waals surface area contributed by atoms with Gasteiger partial charge in [-0.2, -0.15) is 0 Å². The first-order valence-electron chi connectivity index (χ1n) is 13.3. The van der Waals surface area contributed by atoms with Gasteiger partial charge in [-0.15, -0.1) is 11.3 Å². The summed E-state index contributed by atoms with van der Waals surface area (Å²) in [5.41, 5.74) is -2.41. The molecule has 3 N–H and O–H groups in total. The van der Waals surface area contributed by atoms with Gasteiger partial charge in [-0.1, -0.05) is 55.8 Å². The molecule has 4 aliphatic carbocycles. The Bertz CT molecular complexity index is 1290. The van der Waals surface area contributed by atoms with Crippen molar-refractivity contribution in [3.05, 3.63) is 70.8 Å². The molecule has 0 bridgehead atoms. The third-order valence-electron chi connectivity index (χ3n) is 10.4. The lowest BCUT2D eigenvalue weighted by Gasteiger charge is -2.62. The number of alkyl halides is 1. The van der Waals surface area contributed by atoms with Gasteiger partial charge >= 0.3 is 0 Å². The number of carbonyl (C=O) groups is 1. The van der Waals surface area contributed by atoms with Crippen molar-refractivity contribution in [2.45, 2.75) is 70.4 Å². The van der Waals surface area contributed by atoms with Gasteiger partial charge in [-0.25, -0.2) is 9.37 Å². The summed E-state index contributed by atoms with van der Waals surface area (Å²) in [5, 5.41) is 30.0. The first kappa shape index (κ1) is 25.0. The fraction of sp³-hybridized carbons (Fsp3) is 0.533. The van der Waals surface area contributed by atoms with Crippen LogP contribution in [0.3, 0.4) is 0 Å². The zero-order valence-electron chi connectivity index (χ0n) is 21.6. The molecule has 2 aromatic rings. The van der Waals surface area contributed by atoms with Crippen molar-refractivity contribution < 1.29 is 19.4 Å². The van der Waals surface area contributed by atoms with E-state index in [1.54, 1.807) is 12.2 Å². The van der Waals surface area contributed by atoms with Gasteiger partial charge in [0.05, 0.1) is 11.8 Å². The van der Waals surface area contributed by atoms with Crippen molar-refractivity contribution in [3.63, 3.8) is 0 Å². The number of nitrogens with zero attached hydrogens (tertiary/aromatic N) is 1. The Kier molecular flexibility index (Phi) is 5.61. The first-order valence-corrected chi connectivity index (χ1v) is 14.2. The fourth-order valence-corrected chi connectivity index (χ4v) is 9.16. The second kappa shape index (κ2) is 8.32. The van der Waals surface area contributed by atoms with Crippen molar-refractivity contribution in [1.82, 2.24) is 4.98 Å². The van der Waals surface area contributed by atoms with E-state index in [0.29, 0.717) is 31.5 Å². The highest BCUT2D eigenvalue weighted by atomic mass is 32.1. The molecule has 6 rings (SSSR count). The molecular formula is C30H35FN2O3S. The maximum Gasteiger partial charge on any atom is 0.183 e. The number of hydrogen-bond acceptors (Lipinski definition) is 6. The van der Waals surface area contributed by atoms with E-state index in [0.717, 1.165) is 16.3 Å². The smallest absolute Gasteiger partial charge is 0.183 e. The second-order valence-electron chi connectivity index (χ2n) is 12.0. The van der Waals surface area contributed by atoms with Crippen molar-refractivity contribution in [2.24, 2.45) is 28.6 Å². The number of aromatic nitrogens is 1. The Morgan fingerprint density at radius 1 is 1.22 bits per heavy atom. The number of halogens is 1. The maximum atomic E-state index is 17.4. The van der Waals surface area contributed by atoms with E-state index < -0.39 is 34.1 Å². The van der Waals surface area contributed by atoms with Crippen LogP contribution in [0.5, 0.6) is 0 Å². The average Bonchev–Trinajstić information content (AvgIpc) is 3.43. The Labute approximate surface area is 221 Å². The lowest BCUT2D eigenvalue weighted by molar-refractivity contribution is -0.223. The predicted molar refractivity (Wildman–Crippen MR) is 143 cm³/mol. The van der Waals surface area contributed by atoms with E-state index in [-0.39, 0.29) is 24.0 Å². The molecule has 8 atom stereocenters. The van der Waals surface area contributed by atoms with Crippen LogP contribution >= 0.6 is 11.3 Å². The number of carbonyl (C=O) groups excluding carboxylic acids is 1. The van der Waals surface area contributed by atoms with Gasteiger partial charge in [0, 0.05) is 28.7 Å². The minimum absolute atomic E-state index is 0.117. The summed E-state index contributed by atoms with van der Waals surface area (Å²) in [6, 6.07) is 10.1. The maximum absolute atomic E-state index is 17.4. The van der Waals surface area contributed by atoms with Crippen molar-refractivity contribution in [3.8, 4) is 0 Å². The normalized spacial score (nSPS) is 42.5. The zero-order chi connectivity index (χ0) is 26.2. The SMILES string of the molecule is C[C@@H]1C[C@H]2[C@@H]3CCC4=CC(=O)C=C[C@]4(C)[C@@]3(F)[C@@H](O)C[C@]2(C)[C@@]1(O)c1csc(NCc2ccccc2)n1. The number of rotatable bonds is 4. The molecule has 3 fully saturated rings. The van der Waals surface area contributed by atoms with Gasteiger partial charge in [0.15, 0.2) is 16.6 Å². The minimum Gasteiger partial charge on any atom is -0.390 e. The van der Waals surface area contributed by atoms with Crippen molar-refractivity contribution in [2.75, 3.05) is 5.32 Å². The van der Waals surface area contributed by atoms with Crippen LogP contribution < -0.4 is 5.32 Å². The molecule has 196 valence electrons. The van der Waals surface area contributed by atoms with Crippen LogP contribution in [0.1, 0.15) is 57.7 Å². The van der Waals surface area contributed by atoms with Crippen molar-refractivity contribution >= 4 is 22.3 Å². The molecule has 37 heavy (non-hydrogen) atoms. The summed E-state index contributed by atoms with van der Waals surface area (Å²) in [7, 11) is 0. The topological polar surface area (TPSA) is 82.5 Å².